The SMILES string of the molecule is Cc1ncsc1-c1ccc(CNC(=O)C2CCCN2C(=O)C(NCC(C)(C)COCC(C)(C)CI)C(C)(C)C)cc1. The van der Waals surface area contributed by atoms with Crippen molar-refractivity contribution in [1.29, 1.82) is 0 Å². The highest BCUT2D eigenvalue weighted by atomic mass is 127. The molecule has 1 fully saturated rings. The van der Waals surface area contributed by atoms with Crippen LogP contribution in [0.15, 0.2) is 29.8 Å². The second kappa shape index (κ2) is 14.3. The summed E-state index contributed by atoms with van der Waals surface area (Å²) in [4.78, 5) is 34.5. The van der Waals surface area contributed by atoms with Gasteiger partial charge in [-0.1, -0.05) is 95.3 Å². The van der Waals surface area contributed by atoms with Gasteiger partial charge in [-0.15, -0.1) is 11.3 Å². The van der Waals surface area contributed by atoms with Crippen molar-refractivity contribution in [2.75, 3.05) is 30.7 Å². The molecule has 2 N–H and O–H groups in total. The summed E-state index contributed by atoms with van der Waals surface area (Å²) in [6, 6.07) is 7.39. The Labute approximate surface area is 264 Å². The molecule has 2 unspecified atom stereocenters. The van der Waals surface area contributed by atoms with Crippen molar-refractivity contribution in [3.63, 3.8) is 0 Å². The van der Waals surface area contributed by atoms with E-state index in [-0.39, 0.29) is 28.1 Å². The number of amides is 2. The van der Waals surface area contributed by atoms with Crippen molar-refractivity contribution in [2.45, 2.75) is 86.9 Å². The van der Waals surface area contributed by atoms with Crippen LogP contribution in [0.1, 0.15) is 72.6 Å². The fourth-order valence-electron chi connectivity index (χ4n) is 4.96. The molecule has 0 bridgehead atoms. The van der Waals surface area contributed by atoms with Gasteiger partial charge in [-0.05, 0) is 41.7 Å². The van der Waals surface area contributed by atoms with E-state index < -0.39 is 12.1 Å². The number of carbonyl (C=O) groups excluding carboxylic acids is 2. The molecule has 9 heteroatoms. The molecule has 1 aromatic heterocycles. The number of carbonyl (C=O) groups is 2. The van der Waals surface area contributed by atoms with Crippen molar-refractivity contribution >= 4 is 45.7 Å². The molecule has 2 atom stereocenters. The van der Waals surface area contributed by atoms with Gasteiger partial charge < -0.3 is 20.3 Å². The van der Waals surface area contributed by atoms with E-state index in [4.69, 9.17) is 4.74 Å². The van der Waals surface area contributed by atoms with Gasteiger partial charge in [-0.3, -0.25) is 9.59 Å². The lowest BCUT2D eigenvalue weighted by Gasteiger charge is -2.38. The van der Waals surface area contributed by atoms with Crippen LogP contribution in [0.3, 0.4) is 0 Å². The minimum atomic E-state index is -0.444. The number of nitrogens with one attached hydrogen (secondary N) is 2. The second-order valence-electron chi connectivity index (χ2n) is 14.0. The Morgan fingerprint density at radius 3 is 2.34 bits per heavy atom. The van der Waals surface area contributed by atoms with Gasteiger partial charge in [-0.25, -0.2) is 4.98 Å². The van der Waals surface area contributed by atoms with Crippen LogP contribution in [0.5, 0.6) is 0 Å². The van der Waals surface area contributed by atoms with Gasteiger partial charge in [0.05, 0.1) is 35.3 Å². The van der Waals surface area contributed by atoms with Crippen molar-refractivity contribution in [1.82, 2.24) is 20.5 Å². The van der Waals surface area contributed by atoms with E-state index in [1.807, 2.05) is 24.6 Å². The second-order valence-corrected chi connectivity index (χ2v) is 15.6. The van der Waals surface area contributed by atoms with Gasteiger partial charge in [0.15, 0.2) is 0 Å². The lowest BCUT2D eigenvalue weighted by molar-refractivity contribution is -0.142. The molecule has 2 heterocycles. The molecule has 1 aliphatic heterocycles. The maximum atomic E-state index is 13.9. The van der Waals surface area contributed by atoms with Crippen molar-refractivity contribution < 1.29 is 14.3 Å². The van der Waals surface area contributed by atoms with Gasteiger partial charge in [0.2, 0.25) is 11.8 Å². The smallest absolute Gasteiger partial charge is 0.243 e. The fourth-order valence-corrected chi connectivity index (χ4v) is 6.00. The zero-order chi connectivity index (χ0) is 30.4. The predicted molar refractivity (Wildman–Crippen MR) is 177 cm³/mol. The number of aromatic nitrogens is 1. The number of likely N-dealkylation sites (tertiary alicyclic amines) is 1. The number of hydrogen-bond acceptors (Lipinski definition) is 6. The molecule has 0 aliphatic carbocycles. The Morgan fingerprint density at radius 2 is 1.76 bits per heavy atom. The molecule has 0 spiro atoms. The first kappa shape index (κ1) is 33.9. The Balaban J connectivity index is 1.58. The summed E-state index contributed by atoms with van der Waals surface area (Å²) in [6.45, 7) is 20.0. The highest BCUT2D eigenvalue weighted by Crippen LogP contribution is 2.29. The number of alkyl halides is 1. The molecule has 228 valence electrons. The highest BCUT2D eigenvalue weighted by Gasteiger charge is 2.41. The van der Waals surface area contributed by atoms with E-state index in [0.717, 1.165) is 27.7 Å². The number of thiazole rings is 1. The number of benzene rings is 1. The van der Waals surface area contributed by atoms with Crippen molar-refractivity contribution in [3.05, 3.63) is 41.0 Å². The van der Waals surface area contributed by atoms with Crippen LogP contribution in [0.4, 0.5) is 0 Å². The largest absolute Gasteiger partial charge is 0.380 e. The van der Waals surface area contributed by atoms with E-state index >= 15 is 0 Å². The first-order chi connectivity index (χ1) is 19.1. The Bertz CT molecular complexity index is 1160. The van der Waals surface area contributed by atoms with Gasteiger partial charge in [0, 0.05) is 29.5 Å². The third kappa shape index (κ3) is 9.73. The third-order valence-electron chi connectivity index (χ3n) is 7.51. The molecular formula is C32H49IN4O3S. The van der Waals surface area contributed by atoms with Crippen LogP contribution in [0.25, 0.3) is 10.4 Å². The quantitative estimate of drug-likeness (QED) is 0.192. The fraction of sp³-hybridized carbons (Fsp3) is 0.656. The van der Waals surface area contributed by atoms with Crippen molar-refractivity contribution in [2.24, 2.45) is 16.2 Å². The summed E-state index contributed by atoms with van der Waals surface area (Å²) in [7, 11) is 0. The first-order valence-corrected chi connectivity index (χ1v) is 17.0. The lowest BCUT2D eigenvalue weighted by atomic mass is 9.84. The average Bonchev–Trinajstić information content (AvgIpc) is 3.56. The summed E-state index contributed by atoms with van der Waals surface area (Å²) in [5.41, 5.74) is 4.74. The van der Waals surface area contributed by atoms with Crippen LogP contribution < -0.4 is 10.6 Å². The lowest BCUT2D eigenvalue weighted by Crippen LogP contribution is -2.57. The standard InChI is InChI=1S/C32H49IN4O3S/c1-22-26(41-21-36-22)24-13-11-23(12-14-24)16-34-28(38)25-10-9-15-37(25)29(39)27(30(2,3)4)35-18-32(7,8)20-40-19-31(5,6)17-33/h11-14,21,25,27,35H,9-10,15-20H2,1-8H3,(H,34,38). The molecule has 0 saturated carbocycles. The maximum absolute atomic E-state index is 13.9. The Morgan fingerprint density at radius 1 is 1.10 bits per heavy atom. The van der Waals surface area contributed by atoms with E-state index in [9.17, 15) is 9.59 Å². The van der Waals surface area contributed by atoms with Gasteiger partial charge in [-0.2, -0.15) is 0 Å². The Hall–Kier alpha value is -1.56. The molecule has 1 aliphatic rings. The van der Waals surface area contributed by atoms with E-state index in [2.05, 4.69) is 98.8 Å². The van der Waals surface area contributed by atoms with Gasteiger partial charge in [0.1, 0.15) is 6.04 Å². The van der Waals surface area contributed by atoms with Crippen molar-refractivity contribution in [3.8, 4) is 10.4 Å². The van der Waals surface area contributed by atoms with E-state index in [1.165, 1.54) is 4.88 Å². The summed E-state index contributed by atoms with van der Waals surface area (Å²) >= 11 is 4.03. The summed E-state index contributed by atoms with van der Waals surface area (Å²) in [5.74, 6) is -0.0836. The highest BCUT2D eigenvalue weighted by molar-refractivity contribution is 14.1. The van der Waals surface area contributed by atoms with Crippen LogP contribution >= 0.6 is 33.9 Å². The molecule has 1 aromatic carbocycles. The summed E-state index contributed by atoms with van der Waals surface area (Å²) in [6.07, 6.45) is 1.51. The minimum Gasteiger partial charge on any atom is -0.380 e. The number of rotatable bonds is 13. The molecule has 0 radical (unpaired) electrons. The number of aryl methyl sites for hydroxylation is 1. The van der Waals surface area contributed by atoms with Gasteiger partial charge in [0.25, 0.3) is 0 Å². The normalized spacial score (nSPS) is 17.1. The molecule has 3 rings (SSSR count). The predicted octanol–water partition coefficient (Wildman–Crippen LogP) is 6.23. The van der Waals surface area contributed by atoms with Crippen LogP contribution in [0, 0.1) is 23.2 Å². The summed E-state index contributed by atoms with van der Waals surface area (Å²) < 4.78 is 7.12. The third-order valence-corrected chi connectivity index (χ3v) is 10.6. The average molecular weight is 697 g/mol. The molecule has 7 nitrogen and oxygen atoms in total. The molecule has 1 saturated heterocycles. The molecular weight excluding hydrogens is 647 g/mol. The number of nitrogens with zero attached hydrogens (tertiary/aromatic N) is 2. The molecule has 2 amide bonds. The monoisotopic (exact) mass is 696 g/mol. The van der Waals surface area contributed by atoms with E-state index in [1.54, 1.807) is 16.2 Å². The first-order valence-electron chi connectivity index (χ1n) is 14.6. The maximum Gasteiger partial charge on any atom is 0.243 e. The number of ether oxygens (including phenoxy) is 1. The van der Waals surface area contributed by atoms with E-state index in [0.29, 0.717) is 39.3 Å². The number of hydrogen-bond donors (Lipinski definition) is 2. The topological polar surface area (TPSA) is 83.6 Å². The Kier molecular flexibility index (Phi) is 11.8. The number of halogens is 1. The van der Waals surface area contributed by atoms with Crippen LogP contribution in [0.2, 0.25) is 0 Å². The molecule has 2 aromatic rings. The minimum absolute atomic E-state index is 0.00203. The van der Waals surface area contributed by atoms with Gasteiger partial charge >= 0.3 is 0 Å². The molecule has 41 heavy (non-hydrogen) atoms. The summed E-state index contributed by atoms with van der Waals surface area (Å²) in [5, 5.41) is 6.65. The van der Waals surface area contributed by atoms with Crippen LogP contribution in [-0.2, 0) is 20.9 Å². The zero-order valence-electron chi connectivity index (χ0n) is 26.1. The van der Waals surface area contributed by atoms with Crippen LogP contribution in [-0.4, -0.2) is 64.5 Å². The zero-order valence-corrected chi connectivity index (χ0v) is 29.1.